The SMILES string of the molecule is CCCC(=O)NC1CCCN(C(=O)c2ccccc2CSc2nc3ccccc3[nH]2)C1. The minimum absolute atomic E-state index is 0.0360. The number of hydrogen-bond donors (Lipinski definition) is 2. The number of benzene rings is 2. The summed E-state index contributed by atoms with van der Waals surface area (Å²) in [6, 6.07) is 15.8. The Bertz CT molecular complexity index is 1030. The lowest BCUT2D eigenvalue weighted by Crippen LogP contribution is -2.49. The third-order valence-corrected chi connectivity index (χ3v) is 6.45. The molecule has 4 rings (SSSR count). The summed E-state index contributed by atoms with van der Waals surface area (Å²) < 4.78 is 0. The van der Waals surface area contributed by atoms with Gasteiger partial charge in [-0.05, 0) is 43.0 Å². The van der Waals surface area contributed by atoms with Crippen molar-refractivity contribution in [1.82, 2.24) is 20.2 Å². The number of thioether (sulfide) groups is 1. The lowest BCUT2D eigenvalue weighted by Gasteiger charge is -2.33. The molecule has 1 aliphatic rings. The topological polar surface area (TPSA) is 78.1 Å². The summed E-state index contributed by atoms with van der Waals surface area (Å²) in [4.78, 5) is 35.1. The minimum Gasteiger partial charge on any atom is -0.352 e. The van der Waals surface area contributed by atoms with Crippen molar-refractivity contribution in [2.45, 2.75) is 49.6 Å². The van der Waals surface area contributed by atoms with Gasteiger partial charge in [0.15, 0.2) is 5.16 Å². The Morgan fingerprint density at radius 3 is 2.84 bits per heavy atom. The second kappa shape index (κ2) is 10.0. The molecule has 3 aromatic rings. The van der Waals surface area contributed by atoms with Gasteiger partial charge in [-0.15, -0.1) is 0 Å². The summed E-state index contributed by atoms with van der Waals surface area (Å²) >= 11 is 1.60. The molecule has 7 heteroatoms. The van der Waals surface area contributed by atoms with E-state index < -0.39 is 0 Å². The molecule has 1 saturated heterocycles. The number of nitrogens with zero attached hydrogens (tertiary/aromatic N) is 2. The van der Waals surface area contributed by atoms with E-state index in [-0.39, 0.29) is 17.9 Å². The van der Waals surface area contributed by atoms with Gasteiger partial charge in [0.1, 0.15) is 0 Å². The first-order valence-corrected chi connectivity index (χ1v) is 11.9. The van der Waals surface area contributed by atoms with Crippen molar-refractivity contribution in [3.05, 3.63) is 59.7 Å². The van der Waals surface area contributed by atoms with E-state index in [1.165, 1.54) is 0 Å². The van der Waals surface area contributed by atoms with E-state index in [2.05, 4.69) is 15.3 Å². The maximum absolute atomic E-state index is 13.3. The maximum atomic E-state index is 13.3. The van der Waals surface area contributed by atoms with Crippen LogP contribution in [0.1, 0.15) is 48.5 Å². The van der Waals surface area contributed by atoms with E-state index in [4.69, 9.17) is 0 Å². The number of imidazole rings is 1. The molecule has 31 heavy (non-hydrogen) atoms. The summed E-state index contributed by atoms with van der Waals surface area (Å²) in [5.74, 6) is 0.770. The summed E-state index contributed by atoms with van der Waals surface area (Å²) in [6.07, 6.45) is 3.19. The van der Waals surface area contributed by atoms with Gasteiger partial charge in [0.2, 0.25) is 5.91 Å². The van der Waals surface area contributed by atoms with Crippen LogP contribution >= 0.6 is 11.8 Å². The number of H-pyrrole nitrogens is 1. The highest BCUT2D eigenvalue weighted by atomic mass is 32.2. The van der Waals surface area contributed by atoms with Gasteiger partial charge >= 0.3 is 0 Å². The Morgan fingerprint density at radius 1 is 1.19 bits per heavy atom. The van der Waals surface area contributed by atoms with Crippen LogP contribution in [0, 0.1) is 0 Å². The van der Waals surface area contributed by atoms with Crippen LogP contribution in [0.15, 0.2) is 53.7 Å². The number of carbonyl (C=O) groups excluding carboxylic acids is 2. The molecule has 2 amide bonds. The third-order valence-electron chi connectivity index (χ3n) is 5.53. The predicted molar refractivity (Wildman–Crippen MR) is 124 cm³/mol. The normalized spacial score (nSPS) is 16.4. The fourth-order valence-corrected chi connectivity index (χ4v) is 4.86. The summed E-state index contributed by atoms with van der Waals surface area (Å²) in [6.45, 7) is 3.29. The summed E-state index contributed by atoms with van der Waals surface area (Å²) in [7, 11) is 0. The molecule has 2 heterocycles. The van der Waals surface area contributed by atoms with Crippen molar-refractivity contribution < 1.29 is 9.59 Å². The number of amides is 2. The Kier molecular flexibility index (Phi) is 6.92. The van der Waals surface area contributed by atoms with Crippen molar-refractivity contribution in [2.75, 3.05) is 13.1 Å². The van der Waals surface area contributed by atoms with Crippen LogP contribution in [0.5, 0.6) is 0 Å². The van der Waals surface area contributed by atoms with E-state index in [9.17, 15) is 9.59 Å². The Labute approximate surface area is 186 Å². The number of carbonyl (C=O) groups is 2. The van der Waals surface area contributed by atoms with Gasteiger partial charge in [0, 0.05) is 36.9 Å². The number of nitrogens with one attached hydrogen (secondary N) is 2. The molecule has 1 unspecified atom stereocenters. The maximum Gasteiger partial charge on any atom is 0.254 e. The minimum atomic E-state index is 0.0360. The fraction of sp³-hybridized carbons (Fsp3) is 0.375. The summed E-state index contributed by atoms with van der Waals surface area (Å²) in [5, 5.41) is 3.93. The zero-order valence-corrected chi connectivity index (χ0v) is 18.6. The van der Waals surface area contributed by atoms with E-state index in [0.717, 1.165) is 53.1 Å². The molecule has 1 atom stereocenters. The lowest BCUT2D eigenvalue weighted by atomic mass is 10.0. The van der Waals surface area contributed by atoms with E-state index >= 15 is 0 Å². The summed E-state index contributed by atoms with van der Waals surface area (Å²) in [5.41, 5.74) is 3.68. The highest BCUT2D eigenvalue weighted by Crippen LogP contribution is 2.26. The van der Waals surface area contributed by atoms with Gasteiger partial charge in [0.25, 0.3) is 5.91 Å². The molecule has 1 fully saturated rings. The van der Waals surface area contributed by atoms with Gasteiger partial charge in [-0.25, -0.2) is 4.98 Å². The molecular formula is C24H28N4O2S. The van der Waals surface area contributed by atoms with Crippen LogP contribution in [-0.4, -0.2) is 45.8 Å². The molecule has 2 aromatic carbocycles. The van der Waals surface area contributed by atoms with Crippen molar-refractivity contribution in [3.63, 3.8) is 0 Å². The Hall–Kier alpha value is -2.80. The lowest BCUT2D eigenvalue weighted by molar-refractivity contribution is -0.122. The van der Waals surface area contributed by atoms with Crippen LogP contribution in [0.2, 0.25) is 0 Å². The second-order valence-electron chi connectivity index (χ2n) is 7.91. The number of piperidine rings is 1. The van der Waals surface area contributed by atoms with E-state index in [1.807, 2.05) is 60.4 Å². The van der Waals surface area contributed by atoms with E-state index in [0.29, 0.717) is 18.7 Å². The van der Waals surface area contributed by atoms with Crippen LogP contribution in [0.4, 0.5) is 0 Å². The fourth-order valence-electron chi connectivity index (χ4n) is 3.98. The highest BCUT2D eigenvalue weighted by Gasteiger charge is 2.26. The second-order valence-corrected chi connectivity index (χ2v) is 8.88. The monoisotopic (exact) mass is 436 g/mol. The van der Waals surface area contributed by atoms with Crippen molar-refractivity contribution in [1.29, 1.82) is 0 Å². The molecule has 0 aliphatic carbocycles. The number of fused-ring (bicyclic) bond motifs is 1. The van der Waals surface area contributed by atoms with Crippen molar-refractivity contribution in [2.24, 2.45) is 0 Å². The van der Waals surface area contributed by atoms with Crippen LogP contribution < -0.4 is 5.32 Å². The van der Waals surface area contributed by atoms with Gasteiger partial charge < -0.3 is 15.2 Å². The molecule has 162 valence electrons. The van der Waals surface area contributed by atoms with E-state index in [1.54, 1.807) is 11.8 Å². The number of aromatic nitrogens is 2. The number of aromatic amines is 1. The molecule has 2 N–H and O–H groups in total. The number of rotatable bonds is 7. The molecular weight excluding hydrogens is 408 g/mol. The molecule has 0 radical (unpaired) electrons. The predicted octanol–water partition coefficient (Wildman–Crippen LogP) is 4.38. The van der Waals surface area contributed by atoms with Gasteiger partial charge in [-0.1, -0.05) is 49.0 Å². The number of para-hydroxylation sites is 2. The number of hydrogen-bond acceptors (Lipinski definition) is 4. The highest BCUT2D eigenvalue weighted by molar-refractivity contribution is 7.98. The standard InChI is InChI=1S/C24H28N4O2S/c1-2-8-22(29)25-18-10-7-14-28(15-18)23(30)19-11-4-3-9-17(19)16-31-24-26-20-12-5-6-13-21(20)27-24/h3-6,9,11-13,18H,2,7-8,10,14-16H2,1H3,(H,25,29)(H,26,27). The molecule has 1 aliphatic heterocycles. The zero-order chi connectivity index (χ0) is 21.6. The van der Waals surface area contributed by atoms with Gasteiger partial charge in [-0.2, -0.15) is 0 Å². The first-order valence-electron chi connectivity index (χ1n) is 10.9. The smallest absolute Gasteiger partial charge is 0.254 e. The third kappa shape index (κ3) is 5.28. The van der Waals surface area contributed by atoms with Crippen molar-refractivity contribution in [3.8, 4) is 0 Å². The van der Waals surface area contributed by atoms with Crippen LogP contribution in [0.3, 0.4) is 0 Å². The van der Waals surface area contributed by atoms with Crippen LogP contribution in [0.25, 0.3) is 11.0 Å². The Balaban J connectivity index is 1.43. The molecule has 6 nitrogen and oxygen atoms in total. The quantitative estimate of drug-likeness (QED) is 0.539. The van der Waals surface area contributed by atoms with Crippen molar-refractivity contribution >= 4 is 34.6 Å². The Morgan fingerprint density at radius 2 is 2.00 bits per heavy atom. The average molecular weight is 437 g/mol. The largest absolute Gasteiger partial charge is 0.352 e. The molecule has 0 bridgehead atoms. The van der Waals surface area contributed by atoms with Crippen LogP contribution in [-0.2, 0) is 10.5 Å². The first kappa shape index (κ1) is 21.4. The zero-order valence-electron chi connectivity index (χ0n) is 17.8. The van der Waals surface area contributed by atoms with Gasteiger partial charge in [-0.3, -0.25) is 9.59 Å². The first-order chi connectivity index (χ1) is 15.1. The molecule has 1 aromatic heterocycles. The molecule has 0 spiro atoms. The average Bonchev–Trinajstić information content (AvgIpc) is 3.21. The molecule has 0 saturated carbocycles. The number of likely N-dealkylation sites (tertiary alicyclic amines) is 1. The van der Waals surface area contributed by atoms with Gasteiger partial charge in [0.05, 0.1) is 11.0 Å².